The molecular formula is C6H12N2O2S. The molecule has 4 nitrogen and oxygen atoms in total. The lowest BCUT2D eigenvalue weighted by atomic mass is 10.2. The Kier molecular flexibility index (Phi) is 4.69. The van der Waals surface area contributed by atoms with Crippen molar-refractivity contribution >= 4 is 24.4 Å². The van der Waals surface area contributed by atoms with Gasteiger partial charge in [-0.2, -0.15) is 12.6 Å². The second-order valence-electron chi connectivity index (χ2n) is 2.30. The zero-order valence-electron chi connectivity index (χ0n) is 6.33. The van der Waals surface area contributed by atoms with E-state index in [2.05, 4.69) is 17.9 Å². The first-order chi connectivity index (χ1) is 5.06. The molecule has 0 saturated heterocycles. The number of nitrogens with one attached hydrogen (secondary N) is 1. The van der Waals surface area contributed by atoms with Crippen LogP contribution in [0.1, 0.15) is 13.3 Å². The molecule has 0 aromatic carbocycles. The van der Waals surface area contributed by atoms with E-state index in [1.54, 1.807) is 6.92 Å². The van der Waals surface area contributed by atoms with Crippen LogP contribution in [-0.2, 0) is 9.59 Å². The quantitative estimate of drug-likeness (QED) is 0.495. The van der Waals surface area contributed by atoms with Gasteiger partial charge >= 0.3 is 0 Å². The molecule has 0 saturated carbocycles. The fourth-order valence-electron chi connectivity index (χ4n) is 0.673. The summed E-state index contributed by atoms with van der Waals surface area (Å²) in [5, 5.41) is 2.54. The van der Waals surface area contributed by atoms with E-state index in [9.17, 15) is 9.59 Å². The molecule has 2 amide bonds. The first-order valence-electron chi connectivity index (χ1n) is 3.24. The number of hydrogen-bond donors (Lipinski definition) is 3. The average Bonchev–Trinajstić information content (AvgIpc) is 1.85. The van der Waals surface area contributed by atoms with Gasteiger partial charge in [0.15, 0.2) is 0 Å². The Morgan fingerprint density at radius 3 is 2.55 bits per heavy atom. The lowest BCUT2D eigenvalue weighted by molar-refractivity contribution is -0.120. The van der Waals surface area contributed by atoms with Crippen LogP contribution in [0.3, 0.4) is 0 Å². The van der Waals surface area contributed by atoms with Crippen LogP contribution in [0.15, 0.2) is 0 Å². The summed E-state index contributed by atoms with van der Waals surface area (Å²) in [7, 11) is 0. The smallest absolute Gasteiger partial charge is 0.229 e. The minimum atomic E-state index is -0.419. The molecule has 0 fully saturated rings. The monoisotopic (exact) mass is 176 g/mol. The van der Waals surface area contributed by atoms with E-state index >= 15 is 0 Å². The second kappa shape index (κ2) is 5.01. The fraction of sp³-hybridized carbons (Fsp3) is 0.667. The van der Waals surface area contributed by atoms with Crippen molar-refractivity contribution in [3.63, 3.8) is 0 Å². The molecule has 0 aliphatic carbocycles. The summed E-state index contributed by atoms with van der Waals surface area (Å²) in [5.41, 5.74) is 4.90. The van der Waals surface area contributed by atoms with E-state index in [0.29, 0.717) is 0 Å². The van der Waals surface area contributed by atoms with Gasteiger partial charge in [0.25, 0.3) is 0 Å². The molecule has 5 heteroatoms. The molecule has 0 aliphatic heterocycles. The van der Waals surface area contributed by atoms with Gasteiger partial charge in [-0.1, -0.05) is 0 Å². The van der Waals surface area contributed by atoms with Crippen molar-refractivity contribution in [2.24, 2.45) is 5.73 Å². The van der Waals surface area contributed by atoms with E-state index in [-0.39, 0.29) is 24.1 Å². The largest absolute Gasteiger partial charge is 0.370 e. The third kappa shape index (κ3) is 5.72. The summed E-state index contributed by atoms with van der Waals surface area (Å²) in [6.45, 7) is 1.71. The van der Waals surface area contributed by atoms with Crippen molar-refractivity contribution < 1.29 is 9.59 Å². The number of primary amides is 1. The molecule has 0 aromatic rings. The molecule has 0 spiro atoms. The van der Waals surface area contributed by atoms with Crippen molar-refractivity contribution in [1.29, 1.82) is 0 Å². The Morgan fingerprint density at radius 2 is 2.18 bits per heavy atom. The van der Waals surface area contributed by atoms with Gasteiger partial charge < -0.3 is 11.1 Å². The zero-order chi connectivity index (χ0) is 8.85. The highest BCUT2D eigenvalue weighted by atomic mass is 32.1. The first-order valence-corrected chi connectivity index (χ1v) is 3.88. The highest BCUT2D eigenvalue weighted by Crippen LogP contribution is 1.88. The Balaban J connectivity index is 3.60. The van der Waals surface area contributed by atoms with Gasteiger partial charge in [0.1, 0.15) is 0 Å². The summed E-state index contributed by atoms with van der Waals surface area (Å²) in [5.74, 6) is -0.484. The molecular weight excluding hydrogens is 164 g/mol. The standard InChI is InChI=1S/C6H12N2O2S/c1-4(2-5(7)9)8-6(10)3-11/h4,11H,2-3H2,1H3,(H2,7,9)(H,8,10). The molecule has 0 heterocycles. The summed E-state index contributed by atoms with van der Waals surface area (Å²) in [6, 6.07) is -0.202. The number of rotatable bonds is 4. The number of amides is 2. The summed E-state index contributed by atoms with van der Waals surface area (Å²) in [4.78, 5) is 21.0. The summed E-state index contributed by atoms with van der Waals surface area (Å²) in [6.07, 6.45) is 0.166. The van der Waals surface area contributed by atoms with Gasteiger partial charge in [-0.15, -0.1) is 0 Å². The van der Waals surface area contributed by atoms with Gasteiger partial charge in [0.2, 0.25) is 11.8 Å². The molecule has 0 rings (SSSR count). The lowest BCUT2D eigenvalue weighted by Gasteiger charge is -2.09. The van der Waals surface area contributed by atoms with Crippen LogP contribution < -0.4 is 11.1 Å². The third-order valence-electron chi connectivity index (χ3n) is 1.06. The van der Waals surface area contributed by atoms with E-state index in [0.717, 1.165) is 0 Å². The maximum atomic E-state index is 10.7. The molecule has 3 N–H and O–H groups in total. The molecule has 0 aliphatic rings. The van der Waals surface area contributed by atoms with Crippen molar-refractivity contribution in [1.82, 2.24) is 5.32 Å². The van der Waals surface area contributed by atoms with E-state index in [4.69, 9.17) is 5.73 Å². The fourth-order valence-corrected chi connectivity index (χ4v) is 0.765. The third-order valence-corrected chi connectivity index (χ3v) is 1.35. The van der Waals surface area contributed by atoms with Crippen LogP contribution in [-0.4, -0.2) is 23.6 Å². The minimum Gasteiger partial charge on any atom is -0.370 e. The summed E-state index contributed by atoms with van der Waals surface area (Å²) >= 11 is 3.75. The van der Waals surface area contributed by atoms with Crippen molar-refractivity contribution in [3.05, 3.63) is 0 Å². The molecule has 1 atom stereocenters. The Labute approximate surface area is 70.9 Å². The first kappa shape index (κ1) is 10.3. The minimum absolute atomic E-state index is 0.128. The number of carbonyl (C=O) groups excluding carboxylic acids is 2. The van der Waals surface area contributed by atoms with E-state index in [1.165, 1.54) is 0 Å². The topological polar surface area (TPSA) is 72.2 Å². The second-order valence-corrected chi connectivity index (χ2v) is 2.61. The molecule has 0 aromatic heterocycles. The predicted molar refractivity (Wildman–Crippen MR) is 45.3 cm³/mol. The normalized spacial score (nSPS) is 12.2. The van der Waals surface area contributed by atoms with Crippen LogP contribution in [0.25, 0.3) is 0 Å². The van der Waals surface area contributed by atoms with Gasteiger partial charge in [0, 0.05) is 12.5 Å². The Hall–Kier alpha value is -0.710. The molecule has 64 valence electrons. The lowest BCUT2D eigenvalue weighted by Crippen LogP contribution is -2.36. The van der Waals surface area contributed by atoms with E-state index < -0.39 is 5.91 Å². The van der Waals surface area contributed by atoms with Gasteiger partial charge in [-0.25, -0.2) is 0 Å². The zero-order valence-corrected chi connectivity index (χ0v) is 7.23. The molecule has 0 bridgehead atoms. The number of thiol groups is 1. The highest BCUT2D eigenvalue weighted by Gasteiger charge is 2.07. The maximum Gasteiger partial charge on any atom is 0.229 e. The van der Waals surface area contributed by atoms with Crippen molar-refractivity contribution in [2.75, 3.05) is 5.75 Å². The number of nitrogens with two attached hydrogens (primary N) is 1. The van der Waals surface area contributed by atoms with Gasteiger partial charge in [-0.3, -0.25) is 9.59 Å². The Bertz CT molecular complexity index is 161. The van der Waals surface area contributed by atoms with Crippen molar-refractivity contribution in [3.8, 4) is 0 Å². The Morgan fingerprint density at radius 1 is 1.64 bits per heavy atom. The van der Waals surface area contributed by atoms with Gasteiger partial charge in [0.05, 0.1) is 5.75 Å². The highest BCUT2D eigenvalue weighted by molar-refractivity contribution is 7.81. The SMILES string of the molecule is CC(CC(N)=O)NC(=O)CS. The molecule has 11 heavy (non-hydrogen) atoms. The van der Waals surface area contributed by atoms with Crippen LogP contribution in [0.4, 0.5) is 0 Å². The average molecular weight is 176 g/mol. The van der Waals surface area contributed by atoms with Crippen LogP contribution in [0, 0.1) is 0 Å². The van der Waals surface area contributed by atoms with Crippen LogP contribution >= 0.6 is 12.6 Å². The van der Waals surface area contributed by atoms with Crippen LogP contribution in [0.5, 0.6) is 0 Å². The molecule has 0 radical (unpaired) electrons. The number of hydrogen-bond acceptors (Lipinski definition) is 3. The van der Waals surface area contributed by atoms with Gasteiger partial charge in [-0.05, 0) is 6.92 Å². The summed E-state index contributed by atoms with van der Waals surface area (Å²) < 4.78 is 0. The van der Waals surface area contributed by atoms with E-state index in [1.807, 2.05) is 0 Å². The predicted octanol–water partition coefficient (Wildman–Crippen LogP) is -0.704. The van der Waals surface area contributed by atoms with Crippen LogP contribution in [0.2, 0.25) is 0 Å². The molecule has 1 unspecified atom stereocenters. The maximum absolute atomic E-state index is 10.7. The number of carbonyl (C=O) groups is 2. The van der Waals surface area contributed by atoms with Crippen molar-refractivity contribution in [2.45, 2.75) is 19.4 Å².